The summed E-state index contributed by atoms with van der Waals surface area (Å²) in [5.74, 6) is 0. The second-order valence-corrected chi connectivity index (χ2v) is 4.64. The van der Waals surface area contributed by atoms with Gasteiger partial charge in [0.2, 0.25) is 0 Å². The van der Waals surface area contributed by atoms with Crippen molar-refractivity contribution in [2.75, 3.05) is 13.2 Å². The number of aryl methyl sites for hydroxylation is 2. The third-order valence-electron chi connectivity index (χ3n) is 2.95. The van der Waals surface area contributed by atoms with Gasteiger partial charge in [0, 0.05) is 12.6 Å². The van der Waals surface area contributed by atoms with E-state index in [0.717, 1.165) is 6.42 Å². The molecular formula is C14H21F2NO. The fourth-order valence-corrected chi connectivity index (χ4v) is 1.74. The number of hydrogen-bond donors (Lipinski definition) is 1. The van der Waals surface area contributed by atoms with Crippen LogP contribution in [0.3, 0.4) is 0 Å². The van der Waals surface area contributed by atoms with Crippen molar-refractivity contribution in [3.05, 3.63) is 34.9 Å². The number of alkyl halides is 2. The Balaban J connectivity index is 2.31. The minimum atomic E-state index is -2.40. The molecule has 18 heavy (non-hydrogen) atoms. The minimum Gasteiger partial charge on any atom is -0.375 e. The van der Waals surface area contributed by atoms with E-state index < -0.39 is 13.0 Å². The fraction of sp³-hybridized carbons (Fsp3) is 0.571. The van der Waals surface area contributed by atoms with E-state index in [1.54, 1.807) is 0 Å². The van der Waals surface area contributed by atoms with Gasteiger partial charge in [-0.3, -0.25) is 0 Å². The van der Waals surface area contributed by atoms with Crippen LogP contribution in [0, 0.1) is 13.8 Å². The normalized spacial score (nSPS) is 13.0. The lowest BCUT2D eigenvalue weighted by Crippen LogP contribution is -2.25. The molecule has 0 heterocycles. The lowest BCUT2D eigenvalue weighted by atomic mass is 10.00. The van der Waals surface area contributed by atoms with Crippen molar-refractivity contribution < 1.29 is 13.5 Å². The van der Waals surface area contributed by atoms with E-state index in [4.69, 9.17) is 10.5 Å². The van der Waals surface area contributed by atoms with Gasteiger partial charge in [0.25, 0.3) is 6.43 Å². The predicted molar refractivity (Wildman–Crippen MR) is 69.0 cm³/mol. The molecule has 2 nitrogen and oxygen atoms in total. The third-order valence-corrected chi connectivity index (χ3v) is 2.95. The maximum atomic E-state index is 11.8. The van der Waals surface area contributed by atoms with Crippen LogP contribution in [-0.4, -0.2) is 25.7 Å². The smallest absolute Gasteiger partial charge is 0.261 e. The van der Waals surface area contributed by atoms with E-state index in [9.17, 15) is 8.78 Å². The topological polar surface area (TPSA) is 35.2 Å². The third kappa shape index (κ3) is 5.56. The molecule has 0 aliphatic rings. The Bertz CT molecular complexity index is 369. The summed E-state index contributed by atoms with van der Waals surface area (Å²) >= 11 is 0. The van der Waals surface area contributed by atoms with Gasteiger partial charge < -0.3 is 10.5 Å². The van der Waals surface area contributed by atoms with E-state index in [1.165, 1.54) is 16.7 Å². The maximum absolute atomic E-state index is 11.8. The lowest BCUT2D eigenvalue weighted by molar-refractivity contribution is 0.0153. The van der Waals surface area contributed by atoms with E-state index in [1.807, 2.05) is 0 Å². The van der Waals surface area contributed by atoms with Gasteiger partial charge in [0.15, 0.2) is 0 Å². The molecule has 0 saturated carbocycles. The summed E-state index contributed by atoms with van der Waals surface area (Å²) in [7, 11) is 0. The average Bonchev–Trinajstić information content (AvgIpc) is 2.29. The summed E-state index contributed by atoms with van der Waals surface area (Å²) in [6.07, 6.45) is -1.06. The van der Waals surface area contributed by atoms with Gasteiger partial charge in [-0.15, -0.1) is 0 Å². The highest BCUT2D eigenvalue weighted by molar-refractivity contribution is 5.30. The number of hydrogen-bond acceptors (Lipinski definition) is 2. The van der Waals surface area contributed by atoms with Crippen molar-refractivity contribution in [3.63, 3.8) is 0 Å². The molecule has 0 aromatic heterocycles. The molecular weight excluding hydrogens is 236 g/mol. The first-order valence-electron chi connectivity index (χ1n) is 6.16. The number of ether oxygens (including phenoxy) is 1. The molecule has 0 spiro atoms. The zero-order valence-corrected chi connectivity index (χ0v) is 11.0. The fourth-order valence-electron chi connectivity index (χ4n) is 1.74. The van der Waals surface area contributed by atoms with Crippen LogP contribution >= 0.6 is 0 Å². The number of rotatable bonds is 7. The molecule has 102 valence electrons. The van der Waals surface area contributed by atoms with Crippen LogP contribution in [0.5, 0.6) is 0 Å². The summed E-state index contributed by atoms with van der Waals surface area (Å²) in [6.45, 7) is 3.92. The van der Waals surface area contributed by atoms with Crippen LogP contribution in [0.15, 0.2) is 18.2 Å². The van der Waals surface area contributed by atoms with Crippen LogP contribution < -0.4 is 5.73 Å². The predicted octanol–water partition coefficient (Wildman–Crippen LogP) is 2.85. The summed E-state index contributed by atoms with van der Waals surface area (Å²) < 4.78 is 28.5. The Kier molecular flexibility index (Phi) is 6.22. The number of halogens is 2. The zero-order chi connectivity index (χ0) is 13.5. The first-order chi connectivity index (χ1) is 8.49. The molecule has 0 radical (unpaired) electrons. The molecule has 0 saturated heterocycles. The van der Waals surface area contributed by atoms with Crippen LogP contribution in [0.2, 0.25) is 0 Å². The largest absolute Gasteiger partial charge is 0.375 e. The van der Waals surface area contributed by atoms with Gasteiger partial charge in [-0.25, -0.2) is 8.78 Å². The van der Waals surface area contributed by atoms with Gasteiger partial charge in [0.1, 0.15) is 6.61 Å². The standard InChI is InChI=1S/C14H21F2NO/c1-10-3-4-12(7-11(10)2)8-13(17)5-6-18-9-14(15)16/h3-4,7,13-14H,5-6,8-9,17H2,1-2H3. The molecule has 0 amide bonds. The van der Waals surface area contributed by atoms with Crippen LogP contribution in [0.4, 0.5) is 8.78 Å². The molecule has 1 aromatic carbocycles. The molecule has 0 bridgehead atoms. The van der Waals surface area contributed by atoms with Crippen molar-refractivity contribution in [3.8, 4) is 0 Å². The Labute approximate surface area is 107 Å². The van der Waals surface area contributed by atoms with Gasteiger partial charge in [-0.2, -0.15) is 0 Å². The summed E-state index contributed by atoms with van der Waals surface area (Å²) in [5, 5.41) is 0. The van der Waals surface area contributed by atoms with E-state index in [2.05, 4.69) is 32.0 Å². The second-order valence-electron chi connectivity index (χ2n) is 4.64. The van der Waals surface area contributed by atoms with E-state index >= 15 is 0 Å². The van der Waals surface area contributed by atoms with Crippen molar-refractivity contribution in [1.82, 2.24) is 0 Å². The molecule has 1 rings (SSSR count). The first-order valence-corrected chi connectivity index (χ1v) is 6.16. The number of nitrogens with two attached hydrogens (primary N) is 1. The Morgan fingerprint density at radius 3 is 2.56 bits per heavy atom. The monoisotopic (exact) mass is 257 g/mol. The van der Waals surface area contributed by atoms with Crippen LogP contribution in [0.25, 0.3) is 0 Å². The van der Waals surface area contributed by atoms with Gasteiger partial charge in [0.05, 0.1) is 0 Å². The highest BCUT2D eigenvalue weighted by Gasteiger charge is 2.07. The molecule has 4 heteroatoms. The summed E-state index contributed by atoms with van der Waals surface area (Å²) in [5.41, 5.74) is 9.62. The van der Waals surface area contributed by atoms with Gasteiger partial charge in [-0.1, -0.05) is 18.2 Å². The van der Waals surface area contributed by atoms with Gasteiger partial charge in [-0.05, 0) is 43.4 Å². The molecule has 1 atom stereocenters. The molecule has 1 aromatic rings. The van der Waals surface area contributed by atoms with E-state index in [-0.39, 0.29) is 12.6 Å². The van der Waals surface area contributed by atoms with E-state index in [0.29, 0.717) is 6.42 Å². The number of benzene rings is 1. The van der Waals surface area contributed by atoms with Crippen molar-refractivity contribution in [1.29, 1.82) is 0 Å². The highest BCUT2D eigenvalue weighted by atomic mass is 19.3. The summed E-state index contributed by atoms with van der Waals surface area (Å²) in [6, 6.07) is 6.20. The lowest BCUT2D eigenvalue weighted by Gasteiger charge is -2.13. The molecule has 2 N–H and O–H groups in total. The highest BCUT2D eigenvalue weighted by Crippen LogP contribution is 2.12. The van der Waals surface area contributed by atoms with Crippen LogP contribution in [0.1, 0.15) is 23.1 Å². The molecule has 0 aliphatic heterocycles. The van der Waals surface area contributed by atoms with Crippen molar-refractivity contribution in [2.45, 2.75) is 39.2 Å². The SMILES string of the molecule is Cc1ccc(CC(N)CCOCC(F)F)cc1C. The quantitative estimate of drug-likeness (QED) is 0.762. The first kappa shape index (κ1) is 15.1. The molecule has 0 fully saturated rings. The van der Waals surface area contributed by atoms with Crippen molar-refractivity contribution >= 4 is 0 Å². The molecule has 1 unspecified atom stereocenters. The Hall–Kier alpha value is -1.00. The maximum Gasteiger partial charge on any atom is 0.261 e. The zero-order valence-electron chi connectivity index (χ0n) is 11.0. The second kappa shape index (κ2) is 7.44. The van der Waals surface area contributed by atoms with Gasteiger partial charge >= 0.3 is 0 Å². The Morgan fingerprint density at radius 1 is 1.22 bits per heavy atom. The molecule has 0 aliphatic carbocycles. The minimum absolute atomic E-state index is 0.0511. The van der Waals surface area contributed by atoms with Crippen molar-refractivity contribution in [2.24, 2.45) is 5.73 Å². The van der Waals surface area contributed by atoms with Crippen LogP contribution in [-0.2, 0) is 11.2 Å². The Morgan fingerprint density at radius 2 is 1.94 bits per heavy atom. The average molecular weight is 257 g/mol. The summed E-state index contributed by atoms with van der Waals surface area (Å²) in [4.78, 5) is 0.